The largest absolute Gasteiger partial charge is 0.486 e. The summed E-state index contributed by atoms with van der Waals surface area (Å²) in [5.41, 5.74) is 3.05. The van der Waals surface area contributed by atoms with E-state index in [1.807, 2.05) is 37.3 Å². The van der Waals surface area contributed by atoms with E-state index >= 15 is 0 Å². The molecule has 0 heterocycles. The van der Waals surface area contributed by atoms with Crippen molar-refractivity contribution in [2.75, 3.05) is 0 Å². The smallest absolute Gasteiger partial charge is 0.165 e. The number of alkyl halides is 1. The van der Waals surface area contributed by atoms with Crippen molar-refractivity contribution in [3.63, 3.8) is 0 Å². The number of hydrogen-bond acceptors (Lipinski definition) is 1. The number of aryl methyl sites for hydroxylation is 1. The fourth-order valence-corrected chi connectivity index (χ4v) is 2.10. The predicted octanol–water partition coefficient (Wildman–Crippen LogP) is 4.61. The summed E-state index contributed by atoms with van der Waals surface area (Å²) >= 11 is 3.33. The fraction of sp³-hybridized carbons (Fsp3) is 0.200. The van der Waals surface area contributed by atoms with E-state index in [-0.39, 0.29) is 5.82 Å². The molecule has 0 aromatic heterocycles. The molecule has 3 heteroatoms. The van der Waals surface area contributed by atoms with Gasteiger partial charge in [-0.05, 0) is 18.6 Å². The van der Waals surface area contributed by atoms with E-state index in [0.29, 0.717) is 17.7 Å². The minimum atomic E-state index is -0.320. The molecule has 0 atom stereocenters. The Morgan fingerprint density at radius 2 is 1.83 bits per heavy atom. The predicted molar refractivity (Wildman–Crippen MR) is 74.5 cm³/mol. The zero-order chi connectivity index (χ0) is 13.0. The fourth-order valence-electron chi connectivity index (χ4n) is 1.66. The third-order valence-corrected chi connectivity index (χ3v) is 3.30. The Kier molecular flexibility index (Phi) is 4.37. The van der Waals surface area contributed by atoms with Gasteiger partial charge in [0.15, 0.2) is 11.6 Å². The van der Waals surface area contributed by atoms with Gasteiger partial charge in [-0.3, -0.25) is 0 Å². The van der Waals surface area contributed by atoms with Crippen LogP contribution >= 0.6 is 15.9 Å². The monoisotopic (exact) mass is 308 g/mol. The number of para-hydroxylation sites is 1. The summed E-state index contributed by atoms with van der Waals surface area (Å²) in [5, 5.41) is 0.577. The number of rotatable bonds is 4. The van der Waals surface area contributed by atoms with Gasteiger partial charge in [-0.25, -0.2) is 4.39 Å². The van der Waals surface area contributed by atoms with Crippen LogP contribution in [0.3, 0.4) is 0 Å². The highest BCUT2D eigenvalue weighted by Gasteiger charge is 2.08. The first-order valence-electron chi connectivity index (χ1n) is 5.72. The van der Waals surface area contributed by atoms with Crippen LogP contribution in [0.15, 0.2) is 42.5 Å². The topological polar surface area (TPSA) is 9.23 Å². The van der Waals surface area contributed by atoms with Gasteiger partial charge in [-0.15, -0.1) is 0 Å². The summed E-state index contributed by atoms with van der Waals surface area (Å²) in [6.07, 6.45) is 0. The Balaban J connectivity index is 2.12. The highest BCUT2D eigenvalue weighted by molar-refractivity contribution is 9.08. The van der Waals surface area contributed by atoms with Crippen LogP contribution in [0.25, 0.3) is 0 Å². The molecule has 0 amide bonds. The molecule has 2 aromatic carbocycles. The normalized spacial score (nSPS) is 10.4. The first-order chi connectivity index (χ1) is 8.70. The second kappa shape index (κ2) is 6.01. The Labute approximate surface area is 115 Å². The van der Waals surface area contributed by atoms with Crippen LogP contribution in [0.5, 0.6) is 5.75 Å². The van der Waals surface area contributed by atoms with Crippen LogP contribution in [-0.2, 0) is 11.9 Å². The van der Waals surface area contributed by atoms with E-state index in [0.717, 1.165) is 11.1 Å². The zero-order valence-corrected chi connectivity index (χ0v) is 11.7. The Hall–Kier alpha value is -1.35. The van der Waals surface area contributed by atoms with E-state index in [2.05, 4.69) is 15.9 Å². The second-order valence-electron chi connectivity index (χ2n) is 4.14. The Bertz CT molecular complexity index is 523. The average molecular weight is 309 g/mol. The molecule has 0 aliphatic rings. The number of hydrogen-bond donors (Lipinski definition) is 0. The van der Waals surface area contributed by atoms with Gasteiger partial charge < -0.3 is 4.74 Å². The lowest BCUT2D eigenvalue weighted by atomic mass is 10.1. The van der Waals surface area contributed by atoms with Crippen molar-refractivity contribution in [2.24, 2.45) is 0 Å². The van der Waals surface area contributed by atoms with Crippen molar-refractivity contribution in [1.29, 1.82) is 0 Å². The van der Waals surface area contributed by atoms with Crippen molar-refractivity contribution in [3.05, 3.63) is 65.0 Å². The van der Waals surface area contributed by atoms with Crippen LogP contribution in [0.2, 0.25) is 0 Å². The van der Waals surface area contributed by atoms with Gasteiger partial charge in [0.2, 0.25) is 0 Å². The molecule has 0 saturated carbocycles. The lowest BCUT2D eigenvalue weighted by Crippen LogP contribution is -2.00. The van der Waals surface area contributed by atoms with Crippen LogP contribution in [-0.4, -0.2) is 0 Å². The molecule has 2 aromatic rings. The third kappa shape index (κ3) is 3.10. The minimum Gasteiger partial charge on any atom is -0.486 e. The van der Waals surface area contributed by atoms with Gasteiger partial charge in [0.25, 0.3) is 0 Å². The molecule has 0 aliphatic heterocycles. The maximum atomic E-state index is 13.7. The van der Waals surface area contributed by atoms with Gasteiger partial charge in [0.05, 0.1) is 0 Å². The van der Waals surface area contributed by atoms with Crippen LogP contribution in [0.4, 0.5) is 4.39 Å². The van der Waals surface area contributed by atoms with Gasteiger partial charge in [0, 0.05) is 10.9 Å². The standard InChI is InChI=1S/C15H14BrFO/c1-11-5-7-12(8-6-11)10-18-15-13(9-16)3-2-4-14(15)17/h2-8H,9-10H2,1H3. The maximum Gasteiger partial charge on any atom is 0.165 e. The maximum absolute atomic E-state index is 13.7. The lowest BCUT2D eigenvalue weighted by Gasteiger charge is -2.11. The highest BCUT2D eigenvalue weighted by Crippen LogP contribution is 2.25. The van der Waals surface area contributed by atoms with Crippen LogP contribution in [0.1, 0.15) is 16.7 Å². The molecule has 0 saturated heterocycles. The van der Waals surface area contributed by atoms with Crippen molar-refractivity contribution in [1.82, 2.24) is 0 Å². The summed E-state index contributed by atoms with van der Waals surface area (Å²) in [6, 6.07) is 13.0. The molecular formula is C15H14BrFO. The molecule has 94 valence electrons. The summed E-state index contributed by atoms with van der Waals surface area (Å²) in [6.45, 7) is 2.41. The summed E-state index contributed by atoms with van der Waals surface area (Å²) in [4.78, 5) is 0. The van der Waals surface area contributed by atoms with E-state index < -0.39 is 0 Å². The molecule has 1 nitrogen and oxygen atoms in total. The number of halogens is 2. The second-order valence-corrected chi connectivity index (χ2v) is 4.70. The summed E-state index contributed by atoms with van der Waals surface area (Å²) in [7, 11) is 0. The quantitative estimate of drug-likeness (QED) is 0.750. The first-order valence-corrected chi connectivity index (χ1v) is 6.84. The lowest BCUT2D eigenvalue weighted by molar-refractivity contribution is 0.288. The van der Waals surface area contributed by atoms with Crippen molar-refractivity contribution >= 4 is 15.9 Å². The molecule has 2 rings (SSSR count). The Morgan fingerprint density at radius 3 is 2.50 bits per heavy atom. The molecule has 0 bridgehead atoms. The SMILES string of the molecule is Cc1ccc(COc2c(F)cccc2CBr)cc1. The van der Waals surface area contributed by atoms with E-state index in [1.54, 1.807) is 6.07 Å². The molecule has 0 fully saturated rings. The molecule has 0 N–H and O–H groups in total. The van der Waals surface area contributed by atoms with E-state index in [1.165, 1.54) is 11.6 Å². The van der Waals surface area contributed by atoms with Gasteiger partial charge in [-0.1, -0.05) is 57.9 Å². The molecule has 0 radical (unpaired) electrons. The summed E-state index contributed by atoms with van der Waals surface area (Å²) < 4.78 is 19.2. The zero-order valence-electron chi connectivity index (χ0n) is 10.1. The molecular weight excluding hydrogens is 295 g/mol. The Morgan fingerprint density at radius 1 is 1.11 bits per heavy atom. The average Bonchev–Trinajstić information content (AvgIpc) is 2.39. The van der Waals surface area contributed by atoms with Crippen molar-refractivity contribution in [2.45, 2.75) is 18.9 Å². The van der Waals surface area contributed by atoms with E-state index in [4.69, 9.17) is 4.74 Å². The molecule has 18 heavy (non-hydrogen) atoms. The summed E-state index contributed by atoms with van der Waals surface area (Å²) in [5.74, 6) is 0.00834. The molecule has 0 aliphatic carbocycles. The van der Waals surface area contributed by atoms with Gasteiger partial charge in [0.1, 0.15) is 6.61 Å². The van der Waals surface area contributed by atoms with Crippen molar-refractivity contribution in [3.8, 4) is 5.75 Å². The molecule has 0 spiro atoms. The minimum absolute atomic E-state index is 0.320. The number of benzene rings is 2. The third-order valence-electron chi connectivity index (χ3n) is 2.70. The van der Waals surface area contributed by atoms with E-state index in [9.17, 15) is 4.39 Å². The number of ether oxygens (including phenoxy) is 1. The van der Waals surface area contributed by atoms with Gasteiger partial charge >= 0.3 is 0 Å². The van der Waals surface area contributed by atoms with Crippen LogP contribution < -0.4 is 4.74 Å². The molecule has 0 unspecified atom stereocenters. The van der Waals surface area contributed by atoms with Crippen LogP contribution in [0, 0.1) is 12.7 Å². The first kappa shape index (κ1) is 13.1. The van der Waals surface area contributed by atoms with Gasteiger partial charge in [-0.2, -0.15) is 0 Å². The highest BCUT2D eigenvalue weighted by atomic mass is 79.9. The van der Waals surface area contributed by atoms with Crippen molar-refractivity contribution < 1.29 is 9.13 Å².